The number of nitrogens with zero attached hydrogens (tertiary/aromatic N) is 1. The first-order valence-electron chi connectivity index (χ1n) is 7.06. The minimum absolute atomic E-state index is 0.237. The summed E-state index contributed by atoms with van der Waals surface area (Å²) in [5.41, 5.74) is 6.90. The fourth-order valence-electron chi connectivity index (χ4n) is 2.14. The molecule has 0 aliphatic rings. The van der Waals surface area contributed by atoms with Gasteiger partial charge in [-0.25, -0.2) is 4.98 Å². The van der Waals surface area contributed by atoms with Crippen LogP contribution in [-0.2, 0) is 11.3 Å². The van der Waals surface area contributed by atoms with Crippen LogP contribution in [0.25, 0.3) is 17.0 Å². The number of anilines is 1. The Morgan fingerprint density at radius 2 is 2.21 bits per heavy atom. The molecule has 1 amide bonds. The summed E-state index contributed by atoms with van der Waals surface area (Å²) in [5, 5.41) is 4.15. The van der Waals surface area contributed by atoms with Gasteiger partial charge in [0.25, 0.3) is 0 Å². The van der Waals surface area contributed by atoms with Gasteiger partial charge in [0.2, 0.25) is 5.91 Å². The van der Waals surface area contributed by atoms with Crippen LogP contribution in [0.4, 0.5) is 5.82 Å². The molecule has 3 rings (SSSR count). The predicted octanol–water partition coefficient (Wildman–Crippen LogP) is 4.16. The number of fused-ring (bicyclic) bond motifs is 1. The fraction of sp³-hybridized carbons (Fsp3) is 0.0588. The normalized spacial score (nSPS) is 11.2. The van der Waals surface area contributed by atoms with Gasteiger partial charge in [0.05, 0.1) is 11.6 Å². The molecule has 0 atom stereocenters. The van der Waals surface area contributed by atoms with Crippen LogP contribution in [-0.4, -0.2) is 10.9 Å². The molecule has 0 saturated heterocycles. The zero-order valence-electron chi connectivity index (χ0n) is 12.4. The molecule has 0 bridgehead atoms. The standard InChI is InChI=1S/C17H13BrClN3O2/c18-12-5-11-6-13(24-17(11)14(19)7-12)9-22-16(23)4-2-10-1-3-15(20)21-8-10/h1-8H,9H2,(H2,20,21)(H,22,23). The minimum atomic E-state index is -0.237. The van der Waals surface area contributed by atoms with Crippen LogP contribution in [0.1, 0.15) is 11.3 Å². The van der Waals surface area contributed by atoms with Crippen LogP contribution in [0.15, 0.2) is 51.5 Å². The first-order valence-corrected chi connectivity index (χ1v) is 8.23. The van der Waals surface area contributed by atoms with E-state index in [1.54, 1.807) is 30.5 Å². The maximum Gasteiger partial charge on any atom is 0.244 e. The molecular weight excluding hydrogens is 394 g/mol. The molecular formula is C17H13BrClN3O2. The van der Waals surface area contributed by atoms with Crippen molar-refractivity contribution in [3.8, 4) is 0 Å². The third-order valence-corrected chi connectivity index (χ3v) is 4.00. The molecule has 3 aromatic rings. The zero-order chi connectivity index (χ0) is 17.1. The molecule has 0 saturated carbocycles. The molecule has 7 heteroatoms. The van der Waals surface area contributed by atoms with Gasteiger partial charge in [-0.1, -0.05) is 27.5 Å². The van der Waals surface area contributed by atoms with E-state index < -0.39 is 0 Å². The van der Waals surface area contributed by atoms with Gasteiger partial charge < -0.3 is 15.5 Å². The molecule has 24 heavy (non-hydrogen) atoms. The monoisotopic (exact) mass is 405 g/mol. The SMILES string of the molecule is Nc1ccc(C=CC(=O)NCc2cc3cc(Br)cc(Cl)c3o2)cn1. The van der Waals surface area contributed by atoms with Gasteiger partial charge in [-0.15, -0.1) is 0 Å². The molecule has 0 radical (unpaired) electrons. The highest BCUT2D eigenvalue weighted by molar-refractivity contribution is 9.10. The van der Waals surface area contributed by atoms with E-state index in [2.05, 4.69) is 26.2 Å². The number of nitrogens with two attached hydrogens (primary N) is 1. The van der Waals surface area contributed by atoms with Crippen LogP contribution >= 0.6 is 27.5 Å². The van der Waals surface area contributed by atoms with Crippen molar-refractivity contribution in [2.75, 3.05) is 5.73 Å². The largest absolute Gasteiger partial charge is 0.458 e. The Bertz CT molecular complexity index is 919. The average molecular weight is 407 g/mol. The molecule has 3 N–H and O–H groups in total. The summed E-state index contributed by atoms with van der Waals surface area (Å²) in [6.07, 6.45) is 4.69. The van der Waals surface area contributed by atoms with E-state index >= 15 is 0 Å². The Hall–Kier alpha value is -2.31. The lowest BCUT2D eigenvalue weighted by molar-refractivity contribution is -0.116. The topological polar surface area (TPSA) is 81.2 Å². The van der Waals surface area contributed by atoms with Gasteiger partial charge in [0.1, 0.15) is 11.6 Å². The van der Waals surface area contributed by atoms with Crippen molar-refractivity contribution >= 4 is 56.3 Å². The molecule has 0 aliphatic carbocycles. The number of carbonyl (C=O) groups is 1. The predicted molar refractivity (Wildman–Crippen MR) is 98.5 cm³/mol. The number of halogens is 2. The number of aromatic nitrogens is 1. The van der Waals surface area contributed by atoms with Crippen molar-refractivity contribution in [2.45, 2.75) is 6.54 Å². The summed E-state index contributed by atoms with van der Waals surface area (Å²) in [4.78, 5) is 15.8. The van der Waals surface area contributed by atoms with Crippen LogP contribution in [0.5, 0.6) is 0 Å². The minimum Gasteiger partial charge on any atom is -0.458 e. The zero-order valence-corrected chi connectivity index (χ0v) is 14.8. The summed E-state index contributed by atoms with van der Waals surface area (Å²) < 4.78 is 6.54. The van der Waals surface area contributed by atoms with Crippen molar-refractivity contribution in [1.82, 2.24) is 10.3 Å². The summed E-state index contributed by atoms with van der Waals surface area (Å²) in [6, 6.07) is 8.97. The highest BCUT2D eigenvalue weighted by atomic mass is 79.9. The quantitative estimate of drug-likeness (QED) is 0.638. The number of hydrogen-bond donors (Lipinski definition) is 2. The van der Waals surface area contributed by atoms with Crippen LogP contribution in [0.3, 0.4) is 0 Å². The number of carbonyl (C=O) groups excluding carboxylic acids is 1. The number of hydrogen-bond acceptors (Lipinski definition) is 4. The van der Waals surface area contributed by atoms with Crippen LogP contribution in [0, 0.1) is 0 Å². The second-order valence-corrected chi connectivity index (χ2v) is 6.41. The second kappa shape index (κ2) is 7.07. The average Bonchev–Trinajstić information content (AvgIpc) is 2.95. The van der Waals surface area contributed by atoms with E-state index in [0.29, 0.717) is 22.2 Å². The van der Waals surface area contributed by atoms with Crippen molar-refractivity contribution in [2.24, 2.45) is 0 Å². The molecule has 0 unspecified atom stereocenters. The van der Waals surface area contributed by atoms with Gasteiger partial charge in [0, 0.05) is 22.1 Å². The summed E-state index contributed by atoms with van der Waals surface area (Å²) >= 11 is 9.51. The summed E-state index contributed by atoms with van der Waals surface area (Å²) in [7, 11) is 0. The first-order chi connectivity index (χ1) is 11.5. The number of amides is 1. The van der Waals surface area contributed by atoms with Crippen molar-refractivity contribution < 1.29 is 9.21 Å². The Balaban J connectivity index is 1.64. The Morgan fingerprint density at radius 1 is 1.38 bits per heavy atom. The highest BCUT2D eigenvalue weighted by Crippen LogP contribution is 2.30. The first kappa shape index (κ1) is 16.5. The number of benzene rings is 1. The molecule has 2 heterocycles. The van der Waals surface area contributed by atoms with Gasteiger partial charge >= 0.3 is 0 Å². The Morgan fingerprint density at radius 3 is 2.96 bits per heavy atom. The smallest absolute Gasteiger partial charge is 0.244 e. The molecule has 1 aromatic carbocycles. The Labute approximate surface area is 151 Å². The van der Waals surface area contributed by atoms with E-state index in [1.807, 2.05) is 12.1 Å². The number of rotatable bonds is 4. The lowest BCUT2D eigenvalue weighted by Gasteiger charge is -1.99. The maximum atomic E-state index is 11.9. The van der Waals surface area contributed by atoms with E-state index in [1.165, 1.54) is 6.08 Å². The summed E-state index contributed by atoms with van der Waals surface area (Å²) in [5.74, 6) is 0.826. The fourth-order valence-corrected chi connectivity index (χ4v) is 3.01. The molecule has 0 spiro atoms. The van der Waals surface area contributed by atoms with Crippen molar-refractivity contribution in [3.05, 3.63) is 63.4 Å². The molecule has 0 aliphatic heterocycles. The van der Waals surface area contributed by atoms with Crippen LogP contribution < -0.4 is 11.1 Å². The number of nitrogen functional groups attached to an aromatic ring is 1. The van der Waals surface area contributed by atoms with E-state index in [-0.39, 0.29) is 12.5 Å². The lowest BCUT2D eigenvalue weighted by atomic mass is 10.2. The van der Waals surface area contributed by atoms with Crippen molar-refractivity contribution in [3.63, 3.8) is 0 Å². The number of pyridine rings is 1. The van der Waals surface area contributed by atoms with Gasteiger partial charge in [-0.05, 0) is 42.0 Å². The van der Waals surface area contributed by atoms with Crippen molar-refractivity contribution in [1.29, 1.82) is 0 Å². The van der Waals surface area contributed by atoms with E-state index in [4.69, 9.17) is 21.8 Å². The van der Waals surface area contributed by atoms with E-state index in [9.17, 15) is 4.79 Å². The molecule has 2 aromatic heterocycles. The number of furan rings is 1. The number of nitrogens with one attached hydrogen (secondary N) is 1. The highest BCUT2D eigenvalue weighted by Gasteiger charge is 2.09. The van der Waals surface area contributed by atoms with Gasteiger partial charge in [0.15, 0.2) is 5.58 Å². The molecule has 5 nitrogen and oxygen atoms in total. The second-order valence-electron chi connectivity index (χ2n) is 5.09. The Kier molecular flexibility index (Phi) is 4.87. The molecule has 0 fully saturated rings. The third-order valence-electron chi connectivity index (χ3n) is 3.26. The lowest BCUT2D eigenvalue weighted by Crippen LogP contribution is -2.19. The van der Waals surface area contributed by atoms with Crippen LogP contribution in [0.2, 0.25) is 5.02 Å². The summed E-state index contributed by atoms with van der Waals surface area (Å²) in [6.45, 7) is 0.270. The van der Waals surface area contributed by atoms with E-state index in [0.717, 1.165) is 15.4 Å². The maximum absolute atomic E-state index is 11.9. The van der Waals surface area contributed by atoms with Gasteiger partial charge in [-0.2, -0.15) is 0 Å². The third kappa shape index (κ3) is 3.96. The molecule has 122 valence electrons. The van der Waals surface area contributed by atoms with Gasteiger partial charge in [-0.3, -0.25) is 4.79 Å².